The predicted molar refractivity (Wildman–Crippen MR) is 103 cm³/mol. The number of hydrogen-bond acceptors (Lipinski definition) is 2. The van der Waals surface area contributed by atoms with E-state index in [4.69, 9.17) is 17.0 Å². The highest BCUT2D eigenvalue weighted by molar-refractivity contribution is 7.80. The molecule has 0 saturated carbocycles. The van der Waals surface area contributed by atoms with Crippen LogP contribution in [0, 0.1) is 0 Å². The second-order valence-electron chi connectivity index (χ2n) is 6.30. The molecule has 0 unspecified atom stereocenters. The minimum absolute atomic E-state index is 0.0441. The summed E-state index contributed by atoms with van der Waals surface area (Å²) in [6.07, 6.45) is 0. The van der Waals surface area contributed by atoms with Gasteiger partial charge in [0.2, 0.25) is 0 Å². The molecule has 4 heteroatoms. The minimum atomic E-state index is 0.0441. The Bertz CT molecular complexity index is 677. The van der Waals surface area contributed by atoms with Gasteiger partial charge in [0.05, 0.1) is 12.3 Å². The molecule has 0 spiro atoms. The molecule has 2 aromatic carbocycles. The fourth-order valence-electron chi connectivity index (χ4n) is 2.37. The average molecular weight is 328 g/mol. The Morgan fingerprint density at radius 3 is 2.17 bits per heavy atom. The Morgan fingerprint density at radius 1 is 0.957 bits per heavy atom. The molecule has 2 N–H and O–H groups in total. The number of thiocarbonyl (C=S) groups is 1. The van der Waals surface area contributed by atoms with Crippen LogP contribution in [0.25, 0.3) is 0 Å². The van der Waals surface area contributed by atoms with Crippen LogP contribution in [-0.2, 0) is 5.41 Å². The number of ether oxygens (including phenoxy) is 1. The van der Waals surface area contributed by atoms with Gasteiger partial charge in [0.15, 0.2) is 5.11 Å². The smallest absolute Gasteiger partial charge is 0.175 e. The number of hydrogen-bond donors (Lipinski definition) is 2. The third kappa shape index (κ3) is 4.70. The van der Waals surface area contributed by atoms with E-state index in [1.165, 1.54) is 5.56 Å². The summed E-state index contributed by atoms with van der Waals surface area (Å²) >= 11 is 5.47. The molecule has 0 aliphatic carbocycles. The van der Waals surface area contributed by atoms with Gasteiger partial charge in [0.1, 0.15) is 5.75 Å². The van der Waals surface area contributed by atoms with E-state index in [-0.39, 0.29) is 5.41 Å². The van der Waals surface area contributed by atoms with Crippen molar-refractivity contribution in [1.82, 2.24) is 0 Å². The summed E-state index contributed by atoms with van der Waals surface area (Å²) in [5, 5.41) is 7.07. The van der Waals surface area contributed by atoms with Crippen LogP contribution in [-0.4, -0.2) is 11.7 Å². The Balaban J connectivity index is 2.15. The van der Waals surface area contributed by atoms with E-state index in [1.54, 1.807) is 0 Å². The molecule has 0 fully saturated rings. The third-order valence-corrected chi connectivity index (χ3v) is 3.62. The summed E-state index contributed by atoms with van der Waals surface area (Å²) in [6.45, 7) is 9.15. The van der Waals surface area contributed by atoms with Gasteiger partial charge in [-0.3, -0.25) is 0 Å². The van der Waals surface area contributed by atoms with E-state index in [0.29, 0.717) is 11.7 Å². The second-order valence-corrected chi connectivity index (χ2v) is 6.71. The first-order valence-corrected chi connectivity index (χ1v) is 8.22. The molecule has 2 rings (SSSR count). The van der Waals surface area contributed by atoms with Crippen molar-refractivity contribution in [1.29, 1.82) is 0 Å². The maximum atomic E-state index is 5.62. The van der Waals surface area contributed by atoms with E-state index in [1.807, 2.05) is 49.4 Å². The summed E-state index contributed by atoms with van der Waals surface area (Å²) in [6, 6.07) is 16.0. The van der Waals surface area contributed by atoms with Gasteiger partial charge < -0.3 is 15.4 Å². The highest BCUT2D eigenvalue weighted by Gasteiger charge is 2.18. The number of rotatable bonds is 4. The Morgan fingerprint density at radius 2 is 1.52 bits per heavy atom. The Hall–Kier alpha value is -2.07. The molecule has 23 heavy (non-hydrogen) atoms. The van der Waals surface area contributed by atoms with Crippen LogP contribution in [0.15, 0.2) is 48.5 Å². The van der Waals surface area contributed by atoms with Gasteiger partial charge in [-0.05, 0) is 48.3 Å². The van der Waals surface area contributed by atoms with Gasteiger partial charge in [0, 0.05) is 5.69 Å². The standard InChI is InChI=1S/C19H24N2OS/c1-5-22-17-13-9-8-12-16(17)21-18(23)20-15-11-7-6-10-14(15)19(2,3)4/h6-13H,5H2,1-4H3,(H2,20,21,23). The first kappa shape index (κ1) is 17.3. The molecule has 0 aliphatic rings. The van der Waals surface area contributed by atoms with E-state index < -0.39 is 0 Å². The molecule has 0 amide bonds. The summed E-state index contributed by atoms with van der Waals surface area (Å²) in [7, 11) is 0. The fraction of sp³-hybridized carbons (Fsp3) is 0.316. The first-order valence-electron chi connectivity index (χ1n) is 7.81. The van der Waals surface area contributed by atoms with E-state index >= 15 is 0 Å². The predicted octanol–water partition coefficient (Wildman–Crippen LogP) is 5.19. The highest BCUT2D eigenvalue weighted by atomic mass is 32.1. The molecule has 0 bridgehead atoms. The van der Waals surface area contributed by atoms with Crippen molar-refractivity contribution in [2.45, 2.75) is 33.1 Å². The molecule has 0 heterocycles. The topological polar surface area (TPSA) is 33.3 Å². The van der Waals surface area contributed by atoms with Gasteiger partial charge in [-0.1, -0.05) is 51.1 Å². The molecule has 3 nitrogen and oxygen atoms in total. The average Bonchev–Trinajstić information content (AvgIpc) is 2.49. The maximum absolute atomic E-state index is 5.62. The van der Waals surface area contributed by atoms with Crippen LogP contribution in [0.5, 0.6) is 5.75 Å². The highest BCUT2D eigenvalue weighted by Crippen LogP contribution is 2.30. The monoisotopic (exact) mass is 328 g/mol. The van der Waals surface area contributed by atoms with Crippen LogP contribution in [0.4, 0.5) is 11.4 Å². The van der Waals surface area contributed by atoms with E-state index in [9.17, 15) is 0 Å². The lowest BCUT2D eigenvalue weighted by Gasteiger charge is -2.24. The molecule has 0 saturated heterocycles. The number of nitrogens with one attached hydrogen (secondary N) is 2. The van der Waals surface area contributed by atoms with Crippen molar-refractivity contribution < 1.29 is 4.74 Å². The molecule has 2 aromatic rings. The SMILES string of the molecule is CCOc1ccccc1NC(=S)Nc1ccccc1C(C)(C)C. The van der Waals surface area contributed by atoms with Crippen LogP contribution in [0.1, 0.15) is 33.3 Å². The summed E-state index contributed by atoms with van der Waals surface area (Å²) in [5.74, 6) is 0.795. The van der Waals surface area contributed by atoms with Gasteiger partial charge in [-0.25, -0.2) is 0 Å². The molecule has 122 valence electrons. The molecule has 0 atom stereocenters. The second kappa shape index (κ2) is 7.47. The zero-order valence-electron chi connectivity index (χ0n) is 14.1. The maximum Gasteiger partial charge on any atom is 0.175 e. The van der Waals surface area contributed by atoms with Gasteiger partial charge in [-0.2, -0.15) is 0 Å². The summed E-state index contributed by atoms with van der Waals surface area (Å²) < 4.78 is 5.62. The zero-order valence-corrected chi connectivity index (χ0v) is 15.0. The Labute approximate surface area is 144 Å². The zero-order chi connectivity index (χ0) is 16.9. The van der Waals surface area contributed by atoms with Gasteiger partial charge in [0.25, 0.3) is 0 Å². The van der Waals surface area contributed by atoms with E-state index in [0.717, 1.165) is 17.1 Å². The first-order chi connectivity index (χ1) is 10.9. The summed E-state index contributed by atoms with van der Waals surface area (Å²) in [4.78, 5) is 0. The minimum Gasteiger partial charge on any atom is -0.492 e. The van der Waals surface area contributed by atoms with Crippen molar-refractivity contribution in [3.8, 4) is 5.75 Å². The molecular formula is C19H24N2OS. The summed E-state index contributed by atoms with van der Waals surface area (Å²) in [5.41, 5.74) is 3.15. The lowest BCUT2D eigenvalue weighted by Crippen LogP contribution is -2.22. The van der Waals surface area contributed by atoms with Crippen molar-refractivity contribution >= 4 is 28.7 Å². The van der Waals surface area contributed by atoms with Gasteiger partial charge >= 0.3 is 0 Å². The van der Waals surface area contributed by atoms with Crippen LogP contribution in [0.3, 0.4) is 0 Å². The number of para-hydroxylation sites is 3. The third-order valence-electron chi connectivity index (χ3n) is 3.42. The molecular weight excluding hydrogens is 304 g/mol. The number of benzene rings is 2. The molecule has 0 aromatic heterocycles. The molecule has 0 aliphatic heterocycles. The fourth-order valence-corrected chi connectivity index (χ4v) is 2.59. The largest absolute Gasteiger partial charge is 0.492 e. The van der Waals surface area contributed by atoms with Gasteiger partial charge in [-0.15, -0.1) is 0 Å². The van der Waals surface area contributed by atoms with Crippen LogP contribution < -0.4 is 15.4 Å². The van der Waals surface area contributed by atoms with Crippen molar-refractivity contribution in [2.75, 3.05) is 17.2 Å². The van der Waals surface area contributed by atoms with E-state index in [2.05, 4.69) is 37.5 Å². The lowest BCUT2D eigenvalue weighted by atomic mass is 9.86. The van der Waals surface area contributed by atoms with Crippen molar-refractivity contribution in [2.24, 2.45) is 0 Å². The van der Waals surface area contributed by atoms with Crippen LogP contribution in [0.2, 0.25) is 0 Å². The quantitative estimate of drug-likeness (QED) is 0.757. The lowest BCUT2D eigenvalue weighted by molar-refractivity contribution is 0.342. The van der Waals surface area contributed by atoms with Crippen molar-refractivity contribution in [3.05, 3.63) is 54.1 Å². The number of anilines is 2. The Kier molecular flexibility index (Phi) is 5.61. The van der Waals surface area contributed by atoms with Crippen molar-refractivity contribution in [3.63, 3.8) is 0 Å². The molecule has 0 radical (unpaired) electrons. The normalized spacial score (nSPS) is 11.0. The van der Waals surface area contributed by atoms with Crippen LogP contribution >= 0.6 is 12.2 Å².